The number of hydrogen-bond donors (Lipinski definition) is 1. The van der Waals surface area contributed by atoms with Crippen LogP contribution in [-0.4, -0.2) is 46.8 Å². The zero-order valence-corrected chi connectivity index (χ0v) is 21.2. The van der Waals surface area contributed by atoms with Crippen molar-refractivity contribution in [3.8, 4) is 11.3 Å². The first kappa shape index (κ1) is 23.4. The molecule has 3 aliphatic rings. The summed E-state index contributed by atoms with van der Waals surface area (Å²) in [5, 5.41) is 11.1. The number of fused-ring (bicyclic) bond motifs is 5. The molecule has 2 aliphatic heterocycles. The lowest BCUT2D eigenvalue weighted by Crippen LogP contribution is -2.39. The molecule has 1 N–H and O–H groups in total. The number of nitrogens with zero attached hydrogens (tertiary/aromatic N) is 2. The zero-order chi connectivity index (χ0) is 24.8. The van der Waals surface area contributed by atoms with Crippen LogP contribution < -0.4 is 0 Å². The number of ether oxygens (including phenoxy) is 1. The second-order valence-electron chi connectivity index (χ2n) is 10.8. The largest absolute Gasteiger partial charge is 0.478 e. The Balaban J connectivity index is 1.59. The van der Waals surface area contributed by atoms with Crippen LogP contribution in [0.2, 0.25) is 0 Å². The fourth-order valence-electron chi connectivity index (χ4n) is 6.95. The summed E-state index contributed by atoms with van der Waals surface area (Å²) in [7, 11) is 0. The van der Waals surface area contributed by atoms with Gasteiger partial charge in [0.15, 0.2) is 0 Å². The lowest BCUT2D eigenvalue weighted by Gasteiger charge is -2.36. The highest BCUT2D eigenvalue weighted by atomic mass is 16.5. The van der Waals surface area contributed by atoms with E-state index in [4.69, 9.17) is 4.74 Å². The van der Waals surface area contributed by atoms with Crippen LogP contribution in [0.4, 0.5) is 0 Å². The van der Waals surface area contributed by atoms with Gasteiger partial charge in [0.05, 0.1) is 24.5 Å². The Hall–Kier alpha value is -3.05. The van der Waals surface area contributed by atoms with Gasteiger partial charge in [-0.3, -0.25) is 0 Å². The van der Waals surface area contributed by atoms with E-state index in [0.717, 1.165) is 38.4 Å². The molecule has 0 spiro atoms. The normalized spacial score (nSPS) is 22.6. The Kier molecular flexibility index (Phi) is 6.12. The number of aromatic nitrogens is 1. The molecular weight excluding hydrogens is 448 g/mol. The third kappa shape index (κ3) is 3.85. The van der Waals surface area contributed by atoms with Gasteiger partial charge >= 0.3 is 5.97 Å². The Morgan fingerprint density at radius 2 is 1.81 bits per heavy atom. The molecule has 0 radical (unpaired) electrons. The summed E-state index contributed by atoms with van der Waals surface area (Å²) in [4.78, 5) is 14.4. The van der Waals surface area contributed by atoms with Crippen molar-refractivity contribution in [2.75, 3.05) is 26.3 Å². The minimum atomic E-state index is -0.872. The summed E-state index contributed by atoms with van der Waals surface area (Å²) in [5.41, 5.74) is 7.98. The van der Waals surface area contributed by atoms with Gasteiger partial charge in [-0.2, -0.15) is 0 Å². The number of allylic oxidation sites excluding steroid dienone is 1. The van der Waals surface area contributed by atoms with E-state index in [2.05, 4.69) is 53.3 Å². The molecule has 3 aromatic rings. The van der Waals surface area contributed by atoms with E-state index in [9.17, 15) is 9.90 Å². The van der Waals surface area contributed by atoms with Gasteiger partial charge in [0.25, 0.3) is 0 Å². The average Bonchev–Trinajstić information content (AvgIpc) is 3.18. The topological polar surface area (TPSA) is 54.7 Å². The molecule has 188 valence electrons. The molecule has 2 atom stereocenters. The first-order valence-corrected chi connectivity index (χ1v) is 13.5. The van der Waals surface area contributed by atoms with Gasteiger partial charge in [0.2, 0.25) is 0 Å². The van der Waals surface area contributed by atoms with E-state index in [1.165, 1.54) is 65.6 Å². The van der Waals surface area contributed by atoms with Crippen molar-refractivity contribution >= 4 is 16.9 Å². The number of rotatable bonds is 4. The third-order valence-electron chi connectivity index (χ3n) is 8.90. The number of aromatic carboxylic acids is 1. The van der Waals surface area contributed by atoms with Crippen molar-refractivity contribution in [1.82, 2.24) is 9.47 Å². The first-order valence-electron chi connectivity index (χ1n) is 13.5. The molecule has 1 saturated carbocycles. The molecular formula is C31H36N2O3. The number of hydrogen-bond acceptors (Lipinski definition) is 3. The van der Waals surface area contributed by atoms with Crippen molar-refractivity contribution in [3.63, 3.8) is 0 Å². The summed E-state index contributed by atoms with van der Waals surface area (Å²) in [6, 6.07) is 14.6. The molecule has 6 rings (SSSR count). The van der Waals surface area contributed by atoms with Crippen LogP contribution in [-0.2, 0) is 11.3 Å². The molecule has 1 saturated heterocycles. The average molecular weight is 485 g/mol. The first-order chi connectivity index (χ1) is 17.5. The fraction of sp³-hybridized carbons (Fsp3) is 0.452. The molecule has 5 nitrogen and oxygen atoms in total. The number of carboxylic acids is 1. The van der Waals surface area contributed by atoms with Crippen LogP contribution in [0.25, 0.3) is 22.2 Å². The summed E-state index contributed by atoms with van der Waals surface area (Å²) in [6.07, 6.45) is 6.24. The Morgan fingerprint density at radius 3 is 2.56 bits per heavy atom. The highest BCUT2D eigenvalue weighted by Crippen LogP contribution is 2.49. The summed E-state index contributed by atoms with van der Waals surface area (Å²) in [6.45, 7) is 11.0. The lowest BCUT2D eigenvalue weighted by atomic mass is 9.79. The van der Waals surface area contributed by atoms with Gasteiger partial charge in [-0.25, -0.2) is 4.79 Å². The van der Waals surface area contributed by atoms with Crippen LogP contribution in [0, 0.1) is 5.92 Å². The highest BCUT2D eigenvalue weighted by molar-refractivity contribution is 5.98. The maximum Gasteiger partial charge on any atom is 0.335 e. The third-order valence-corrected chi connectivity index (χ3v) is 8.90. The van der Waals surface area contributed by atoms with E-state index < -0.39 is 5.97 Å². The molecule has 0 bridgehead atoms. The predicted molar refractivity (Wildman–Crippen MR) is 144 cm³/mol. The van der Waals surface area contributed by atoms with Crippen molar-refractivity contribution in [1.29, 1.82) is 0 Å². The zero-order valence-electron chi connectivity index (χ0n) is 21.2. The minimum Gasteiger partial charge on any atom is -0.478 e. The molecule has 1 aromatic heterocycles. The number of morpholine rings is 1. The van der Waals surface area contributed by atoms with Crippen LogP contribution >= 0.6 is 0 Å². The fourth-order valence-corrected chi connectivity index (χ4v) is 6.95. The van der Waals surface area contributed by atoms with Crippen LogP contribution in [0.3, 0.4) is 0 Å². The minimum absolute atomic E-state index is 0.216. The van der Waals surface area contributed by atoms with E-state index in [0.29, 0.717) is 17.4 Å². The second-order valence-corrected chi connectivity index (χ2v) is 10.8. The maximum atomic E-state index is 12.0. The smallest absolute Gasteiger partial charge is 0.335 e. The van der Waals surface area contributed by atoms with Gasteiger partial charge in [-0.15, -0.1) is 0 Å². The molecule has 2 fully saturated rings. The molecule has 3 heterocycles. The van der Waals surface area contributed by atoms with Gasteiger partial charge in [-0.1, -0.05) is 63.1 Å². The van der Waals surface area contributed by atoms with Crippen LogP contribution in [0.5, 0.6) is 0 Å². The van der Waals surface area contributed by atoms with Gasteiger partial charge in [-0.05, 0) is 47.9 Å². The van der Waals surface area contributed by atoms with E-state index in [1.807, 2.05) is 6.07 Å². The van der Waals surface area contributed by atoms with E-state index in [1.54, 1.807) is 6.07 Å². The van der Waals surface area contributed by atoms with Gasteiger partial charge in [0, 0.05) is 47.7 Å². The lowest BCUT2D eigenvalue weighted by molar-refractivity contribution is 0.0472. The van der Waals surface area contributed by atoms with Crippen LogP contribution in [0.1, 0.15) is 72.3 Å². The number of carbonyl (C=O) groups is 1. The van der Waals surface area contributed by atoms with Crippen molar-refractivity contribution in [2.45, 2.75) is 57.4 Å². The molecule has 36 heavy (non-hydrogen) atoms. The quantitative estimate of drug-likeness (QED) is 0.451. The molecule has 1 unspecified atom stereocenters. The highest BCUT2D eigenvalue weighted by Gasteiger charge is 2.36. The second kappa shape index (κ2) is 9.44. The van der Waals surface area contributed by atoms with Crippen molar-refractivity contribution in [2.24, 2.45) is 5.92 Å². The Labute approximate surface area is 213 Å². The van der Waals surface area contributed by atoms with Gasteiger partial charge in [0.1, 0.15) is 0 Å². The summed E-state index contributed by atoms with van der Waals surface area (Å²) >= 11 is 0. The molecule has 2 aromatic carbocycles. The van der Waals surface area contributed by atoms with E-state index >= 15 is 0 Å². The number of benzene rings is 2. The van der Waals surface area contributed by atoms with Crippen molar-refractivity contribution < 1.29 is 14.6 Å². The van der Waals surface area contributed by atoms with E-state index in [-0.39, 0.29) is 5.92 Å². The Bertz CT molecular complexity index is 1310. The molecule has 1 aliphatic carbocycles. The molecule has 5 heteroatoms. The number of carboxylic acid groups (broad SMARTS) is 1. The van der Waals surface area contributed by atoms with Crippen molar-refractivity contribution in [3.05, 3.63) is 71.4 Å². The standard InChI is InChI=1S/C31H36N2O3/c1-20-24-10-6-7-11-25(24)30-29(22-8-4-3-5-9-22)26-13-12-23(31(34)35)18-28(26)33(30)19-27(20)21(2)32-14-16-36-17-15-32/h6-7,10-13,18,20,22,27H,2-5,8-9,14-17,19H2,1H3,(H,34,35)/t20-,27?/m0/s1. The predicted octanol–water partition coefficient (Wildman–Crippen LogP) is 6.63. The SMILES string of the molecule is C=C(C1Cn2c(c(C3CCCCC3)c3ccc(C(=O)O)cc32)-c2ccccc2[C@@H]1C)N1CCOCC1. The summed E-state index contributed by atoms with van der Waals surface area (Å²) in [5.74, 6) is 0.154. The molecule has 0 amide bonds. The summed E-state index contributed by atoms with van der Waals surface area (Å²) < 4.78 is 8.07. The van der Waals surface area contributed by atoms with Crippen LogP contribution in [0.15, 0.2) is 54.7 Å². The monoisotopic (exact) mass is 484 g/mol. The maximum absolute atomic E-state index is 12.0. The van der Waals surface area contributed by atoms with Gasteiger partial charge < -0.3 is 19.3 Å². The Morgan fingerprint density at radius 1 is 1.06 bits per heavy atom.